The molecule has 7 nitrogen and oxygen atoms in total. The predicted octanol–water partition coefficient (Wildman–Crippen LogP) is 4.45. The Kier molecular flexibility index (Phi) is 7.25. The number of anilines is 1. The topological polar surface area (TPSA) is 71.7 Å². The van der Waals surface area contributed by atoms with E-state index in [1.165, 1.54) is 19.3 Å². The molecule has 0 unspecified atom stereocenters. The number of aryl methyl sites for hydroxylation is 1. The lowest BCUT2D eigenvalue weighted by Crippen LogP contribution is -2.34. The second kappa shape index (κ2) is 10.1. The summed E-state index contributed by atoms with van der Waals surface area (Å²) in [6, 6.07) is 6.76. The van der Waals surface area contributed by atoms with Crippen molar-refractivity contribution in [3.8, 4) is 5.75 Å². The second-order valence-electron chi connectivity index (χ2n) is 10.3. The van der Waals surface area contributed by atoms with Gasteiger partial charge in [0.2, 0.25) is 5.91 Å². The molecule has 0 bridgehead atoms. The Hall–Kier alpha value is -2.57. The van der Waals surface area contributed by atoms with Crippen LogP contribution < -0.4 is 9.64 Å². The first kappa shape index (κ1) is 23.6. The third kappa shape index (κ3) is 5.87. The van der Waals surface area contributed by atoms with Gasteiger partial charge in [0, 0.05) is 33.1 Å². The standard InChI is InChI=1S/C26H38N4O3/c1-17(2)25-27-26(33-28-25)30-11-8-19(9-12-30)23-15-21(23)10-13-32-22-7-6-20(18(3)14-22)16-24(31)29(4)5/h6-7,14,17,19,21,23H,8-13,15-16H2,1-5H3/t21-,23-/m1/s1. The van der Waals surface area contributed by atoms with E-state index in [0.29, 0.717) is 18.4 Å². The minimum Gasteiger partial charge on any atom is -0.494 e. The van der Waals surface area contributed by atoms with Gasteiger partial charge >= 0.3 is 6.01 Å². The van der Waals surface area contributed by atoms with Gasteiger partial charge in [0.1, 0.15) is 5.75 Å². The normalized spacial score (nSPS) is 20.8. The number of piperidine rings is 1. The van der Waals surface area contributed by atoms with E-state index < -0.39 is 0 Å². The summed E-state index contributed by atoms with van der Waals surface area (Å²) in [7, 11) is 3.58. The zero-order valence-corrected chi connectivity index (χ0v) is 20.7. The van der Waals surface area contributed by atoms with Crippen LogP contribution in [0.4, 0.5) is 6.01 Å². The van der Waals surface area contributed by atoms with Crippen LogP contribution in [0.5, 0.6) is 5.75 Å². The quantitative estimate of drug-likeness (QED) is 0.557. The molecular formula is C26H38N4O3. The van der Waals surface area contributed by atoms with Crippen molar-refractivity contribution in [3.05, 3.63) is 35.2 Å². The molecule has 1 aliphatic heterocycles. The van der Waals surface area contributed by atoms with Gasteiger partial charge in [-0.05, 0) is 73.6 Å². The molecule has 2 fully saturated rings. The monoisotopic (exact) mass is 454 g/mol. The maximum Gasteiger partial charge on any atom is 0.324 e. The fourth-order valence-corrected chi connectivity index (χ4v) is 4.89. The van der Waals surface area contributed by atoms with Gasteiger partial charge in [-0.15, -0.1) is 0 Å². The average Bonchev–Trinajstić information content (AvgIpc) is 3.38. The van der Waals surface area contributed by atoms with Gasteiger partial charge in [0.15, 0.2) is 5.82 Å². The van der Waals surface area contributed by atoms with Crippen LogP contribution in [0.2, 0.25) is 0 Å². The van der Waals surface area contributed by atoms with Crippen molar-refractivity contribution in [3.63, 3.8) is 0 Å². The molecule has 1 amide bonds. The Morgan fingerprint density at radius 2 is 2.03 bits per heavy atom. The minimum absolute atomic E-state index is 0.120. The molecule has 1 aromatic carbocycles. The average molecular weight is 455 g/mol. The molecule has 1 aliphatic carbocycles. The van der Waals surface area contributed by atoms with E-state index in [0.717, 1.165) is 66.6 Å². The van der Waals surface area contributed by atoms with Crippen LogP contribution in [-0.2, 0) is 11.2 Å². The number of carbonyl (C=O) groups excluding carboxylic acids is 1. The summed E-state index contributed by atoms with van der Waals surface area (Å²) in [5, 5.41) is 4.10. The Morgan fingerprint density at radius 1 is 1.27 bits per heavy atom. The smallest absolute Gasteiger partial charge is 0.324 e. The number of hydrogen-bond acceptors (Lipinski definition) is 6. The van der Waals surface area contributed by atoms with E-state index in [1.807, 2.05) is 19.1 Å². The van der Waals surface area contributed by atoms with E-state index in [1.54, 1.807) is 19.0 Å². The number of hydrogen-bond donors (Lipinski definition) is 0. The summed E-state index contributed by atoms with van der Waals surface area (Å²) in [5.74, 6) is 4.54. The number of amides is 1. The third-order valence-corrected chi connectivity index (χ3v) is 7.25. The predicted molar refractivity (Wildman–Crippen MR) is 129 cm³/mol. The summed E-state index contributed by atoms with van der Waals surface area (Å²) < 4.78 is 11.5. The van der Waals surface area contributed by atoms with Gasteiger partial charge in [-0.3, -0.25) is 4.79 Å². The number of nitrogens with zero attached hydrogens (tertiary/aromatic N) is 4. The van der Waals surface area contributed by atoms with E-state index in [4.69, 9.17) is 9.26 Å². The summed E-state index contributed by atoms with van der Waals surface area (Å²) in [6.45, 7) is 8.99. The molecule has 33 heavy (non-hydrogen) atoms. The van der Waals surface area contributed by atoms with Crippen molar-refractivity contribution in [2.45, 2.75) is 58.8 Å². The fraction of sp³-hybridized carbons (Fsp3) is 0.654. The summed E-state index contributed by atoms with van der Waals surface area (Å²) in [5.41, 5.74) is 2.18. The molecular weight excluding hydrogens is 416 g/mol. The van der Waals surface area contributed by atoms with E-state index in [2.05, 4.69) is 35.0 Å². The highest BCUT2D eigenvalue weighted by Gasteiger charge is 2.43. The number of rotatable bonds is 9. The molecule has 2 atom stereocenters. The molecule has 1 saturated heterocycles. The van der Waals surface area contributed by atoms with E-state index >= 15 is 0 Å². The highest BCUT2D eigenvalue weighted by molar-refractivity contribution is 5.78. The summed E-state index contributed by atoms with van der Waals surface area (Å²) in [4.78, 5) is 20.4. The van der Waals surface area contributed by atoms with Gasteiger partial charge in [-0.2, -0.15) is 4.98 Å². The Bertz CT molecular complexity index is 947. The van der Waals surface area contributed by atoms with Crippen LogP contribution in [0.3, 0.4) is 0 Å². The number of benzene rings is 1. The lowest BCUT2D eigenvalue weighted by molar-refractivity contribution is -0.127. The maximum atomic E-state index is 12.0. The maximum absolute atomic E-state index is 12.0. The van der Waals surface area contributed by atoms with Crippen LogP contribution in [0.1, 0.15) is 62.4 Å². The van der Waals surface area contributed by atoms with Crippen molar-refractivity contribution < 1.29 is 14.1 Å². The fourth-order valence-electron chi connectivity index (χ4n) is 4.89. The summed E-state index contributed by atoms with van der Waals surface area (Å²) >= 11 is 0. The number of likely N-dealkylation sites (N-methyl/N-ethyl adjacent to an activating group) is 1. The van der Waals surface area contributed by atoms with Crippen molar-refractivity contribution in [2.75, 3.05) is 38.7 Å². The van der Waals surface area contributed by atoms with Gasteiger partial charge in [-0.25, -0.2) is 0 Å². The van der Waals surface area contributed by atoms with Gasteiger partial charge in [-0.1, -0.05) is 25.1 Å². The van der Waals surface area contributed by atoms with E-state index in [-0.39, 0.29) is 5.91 Å². The van der Waals surface area contributed by atoms with Crippen LogP contribution in [0.25, 0.3) is 0 Å². The number of ether oxygens (including phenoxy) is 1. The Morgan fingerprint density at radius 3 is 2.67 bits per heavy atom. The lowest BCUT2D eigenvalue weighted by atomic mass is 9.90. The first-order chi connectivity index (χ1) is 15.8. The molecule has 4 rings (SSSR count). The largest absolute Gasteiger partial charge is 0.494 e. The molecule has 2 aliphatic rings. The minimum atomic E-state index is 0.120. The van der Waals surface area contributed by atoms with Crippen molar-refractivity contribution in [1.29, 1.82) is 0 Å². The van der Waals surface area contributed by atoms with Crippen LogP contribution in [0.15, 0.2) is 22.7 Å². The molecule has 7 heteroatoms. The molecule has 2 aromatic rings. The Balaban J connectivity index is 1.17. The zero-order valence-electron chi connectivity index (χ0n) is 20.7. The van der Waals surface area contributed by atoms with Crippen LogP contribution in [-0.4, -0.2) is 54.7 Å². The highest BCUT2D eigenvalue weighted by atomic mass is 16.5. The summed E-state index contributed by atoms with van der Waals surface area (Å²) in [6.07, 6.45) is 5.29. The SMILES string of the molecule is Cc1cc(OCC[C@@H]2C[C@@H]2C2CCN(c3nc(C(C)C)no3)CC2)ccc1CC(=O)N(C)C. The van der Waals surface area contributed by atoms with Gasteiger partial charge in [0.05, 0.1) is 13.0 Å². The lowest BCUT2D eigenvalue weighted by Gasteiger charge is -2.30. The van der Waals surface area contributed by atoms with Crippen LogP contribution in [0, 0.1) is 24.7 Å². The molecule has 0 N–H and O–H groups in total. The zero-order chi connectivity index (χ0) is 23.5. The Labute approximate surface area is 197 Å². The second-order valence-corrected chi connectivity index (χ2v) is 10.3. The van der Waals surface area contributed by atoms with Crippen molar-refractivity contribution in [1.82, 2.24) is 15.0 Å². The first-order valence-electron chi connectivity index (χ1n) is 12.3. The number of carbonyl (C=O) groups is 1. The third-order valence-electron chi connectivity index (χ3n) is 7.25. The molecule has 0 radical (unpaired) electrons. The van der Waals surface area contributed by atoms with Crippen LogP contribution >= 0.6 is 0 Å². The molecule has 1 saturated carbocycles. The molecule has 180 valence electrons. The van der Waals surface area contributed by atoms with E-state index in [9.17, 15) is 4.79 Å². The highest BCUT2D eigenvalue weighted by Crippen LogP contribution is 2.50. The molecule has 2 heterocycles. The molecule has 1 aromatic heterocycles. The van der Waals surface area contributed by atoms with Crippen molar-refractivity contribution in [2.24, 2.45) is 17.8 Å². The van der Waals surface area contributed by atoms with Gasteiger partial charge < -0.3 is 19.1 Å². The molecule has 0 spiro atoms. The number of aromatic nitrogens is 2. The first-order valence-corrected chi connectivity index (χ1v) is 12.3. The van der Waals surface area contributed by atoms with Crippen molar-refractivity contribution >= 4 is 11.9 Å². The van der Waals surface area contributed by atoms with Gasteiger partial charge in [0.25, 0.3) is 0 Å².